The van der Waals surface area contributed by atoms with Gasteiger partial charge in [0.1, 0.15) is 5.82 Å². The lowest BCUT2D eigenvalue weighted by Gasteiger charge is -2.15. The van der Waals surface area contributed by atoms with Crippen LogP contribution >= 0.6 is 11.6 Å². The largest absolute Gasteiger partial charge is 0.356 e. The Labute approximate surface area is 116 Å². The van der Waals surface area contributed by atoms with E-state index in [1.54, 1.807) is 0 Å². The summed E-state index contributed by atoms with van der Waals surface area (Å²) in [6.45, 7) is 2.48. The number of aryl methyl sites for hydroxylation is 1. The summed E-state index contributed by atoms with van der Waals surface area (Å²) in [5, 5.41) is 7.23. The zero-order chi connectivity index (χ0) is 13.2. The first-order valence-electron chi connectivity index (χ1n) is 6.38. The van der Waals surface area contributed by atoms with Crippen molar-refractivity contribution in [3.05, 3.63) is 29.0 Å². The van der Waals surface area contributed by atoms with E-state index in [1.807, 2.05) is 29.8 Å². The lowest BCUT2D eigenvalue weighted by atomic mass is 10.3. The highest BCUT2D eigenvalue weighted by Crippen LogP contribution is 2.23. The molecule has 0 atom stereocenters. The highest BCUT2D eigenvalue weighted by atomic mass is 35.5. The average molecular weight is 278 g/mol. The number of hydrogen-bond donors (Lipinski definition) is 2. The summed E-state index contributed by atoms with van der Waals surface area (Å²) in [5.41, 5.74) is 1.89. The number of nitrogens with zero attached hydrogens (tertiary/aromatic N) is 3. The summed E-state index contributed by atoms with van der Waals surface area (Å²) in [7, 11) is 1.98. The third kappa shape index (κ3) is 2.38. The number of fused-ring (bicyclic) bond motifs is 1. The lowest BCUT2D eigenvalue weighted by Crippen LogP contribution is -2.40. The molecule has 0 saturated carbocycles. The first-order valence-corrected chi connectivity index (χ1v) is 6.75. The van der Waals surface area contributed by atoms with Crippen LogP contribution < -0.4 is 10.6 Å². The van der Waals surface area contributed by atoms with Gasteiger partial charge in [0.25, 0.3) is 0 Å². The molecule has 2 N–H and O–H groups in total. The Morgan fingerprint density at radius 1 is 1.47 bits per heavy atom. The predicted octanol–water partition coefficient (Wildman–Crippen LogP) is 1.67. The fraction of sp³-hybridized carbons (Fsp3) is 0.385. The Bertz CT molecular complexity index is 631. The molecule has 1 aliphatic heterocycles. The summed E-state index contributed by atoms with van der Waals surface area (Å²) in [6.07, 6.45) is 1.09. The molecule has 1 aromatic carbocycles. The van der Waals surface area contributed by atoms with Gasteiger partial charge >= 0.3 is 0 Å². The minimum atomic E-state index is 0.632. The topological polar surface area (TPSA) is 54.2 Å². The zero-order valence-corrected chi connectivity index (χ0v) is 11.5. The highest BCUT2D eigenvalue weighted by Gasteiger charge is 2.11. The van der Waals surface area contributed by atoms with Gasteiger partial charge in [-0.1, -0.05) is 17.7 Å². The summed E-state index contributed by atoms with van der Waals surface area (Å²) < 4.78 is 2.02. The first-order chi connectivity index (χ1) is 9.25. The maximum absolute atomic E-state index is 6.21. The molecule has 0 fully saturated rings. The Kier molecular flexibility index (Phi) is 3.29. The van der Waals surface area contributed by atoms with E-state index >= 15 is 0 Å². The fourth-order valence-electron chi connectivity index (χ4n) is 2.24. The van der Waals surface area contributed by atoms with Crippen LogP contribution in [0.5, 0.6) is 0 Å². The first kappa shape index (κ1) is 12.3. The number of rotatable bonds is 2. The van der Waals surface area contributed by atoms with E-state index in [2.05, 4.69) is 20.6 Å². The number of imidazole rings is 1. The molecular formula is C13H16ClN5. The minimum absolute atomic E-state index is 0.632. The van der Waals surface area contributed by atoms with E-state index in [9.17, 15) is 0 Å². The molecule has 1 aliphatic rings. The number of para-hydroxylation sites is 1. The Morgan fingerprint density at radius 2 is 2.37 bits per heavy atom. The number of aromatic nitrogens is 2. The van der Waals surface area contributed by atoms with Crippen LogP contribution in [0.1, 0.15) is 12.2 Å². The quantitative estimate of drug-likeness (QED) is 0.878. The molecule has 0 bridgehead atoms. The van der Waals surface area contributed by atoms with Gasteiger partial charge in [-0.05, 0) is 18.6 Å². The van der Waals surface area contributed by atoms with Crippen LogP contribution in [0.4, 0.5) is 0 Å². The molecular weight excluding hydrogens is 262 g/mol. The van der Waals surface area contributed by atoms with Gasteiger partial charge in [0.2, 0.25) is 0 Å². The minimum Gasteiger partial charge on any atom is -0.356 e. The van der Waals surface area contributed by atoms with Crippen LogP contribution in [0.3, 0.4) is 0 Å². The number of hydrogen-bond acceptors (Lipinski definition) is 4. The van der Waals surface area contributed by atoms with Gasteiger partial charge in [0.05, 0.1) is 22.6 Å². The van der Waals surface area contributed by atoms with E-state index in [4.69, 9.17) is 11.6 Å². The summed E-state index contributed by atoms with van der Waals surface area (Å²) in [5.74, 6) is 1.79. The number of benzene rings is 1. The van der Waals surface area contributed by atoms with Crippen molar-refractivity contribution in [1.29, 1.82) is 0 Å². The number of aliphatic imine (C=N–C) groups is 1. The van der Waals surface area contributed by atoms with Crippen molar-refractivity contribution >= 4 is 28.6 Å². The standard InChI is InChI=1S/C13H16ClN5/c1-19-11(8-17-13-15-6-3-7-16-13)18-10-5-2-4-9(14)12(10)19/h2,4-5H,3,6-8H2,1H3,(H2,15,16,17). The van der Waals surface area contributed by atoms with Crippen LogP contribution in [-0.4, -0.2) is 28.6 Å². The highest BCUT2D eigenvalue weighted by molar-refractivity contribution is 6.35. The number of guanidine groups is 1. The molecule has 2 heterocycles. The molecule has 3 rings (SSSR count). The van der Waals surface area contributed by atoms with Crippen molar-refractivity contribution in [2.45, 2.75) is 13.0 Å². The van der Waals surface area contributed by atoms with E-state index < -0.39 is 0 Å². The van der Waals surface area contributed by atoms with Crippen molar-refractivity contribution in [2.24, 2.45) is 12.0 Å². The second kappa shape index (κ2) is 5.09. The van der Waals surface area contributed by atoms with Crippen LogP contribution in [-0.2, 0) is 13.6 Å². The molecule has 1 aromatic heterocycles. The van der Waals surface area contributed by atoms with E-state index in [1.165, 1.54) is 0 Å². The predicted molar refractivity (Wildman–Crippen MR) is 77.5 cm³/mol. The molecule has 2 aromatic rings. The molecule has 0 saturated heterocycles. The summed E-state index contributed by atoms with van der Waals surface area (Å²) in [4.78, 5) is 8.97. The summed E-state index contributed by atoms with van der Waals surface area (Å²) in [6, 6.07) is 5.78. The normalized spacial score (nSPS) is 15.2. The molecule has 19 heavy (non-hydrogen) atoms. The second-order valence-corrected chi connectivity index (χ2v) is 4.97. The van der Waals surface area contributed by atoms with Gasteiger partial charge in [0.15, 0.2) is 5.96 Å². The summed E-state index contributed by atoms with van der Waals surface area (Å²) >= 11 is 6.21. The van der Waals surface area contributed by atoms with Crippen molar-refractivity contribution in [3.63, 3.8) is 0 Å². The SMILES string of the molecule is Cn1c(CNC2=NCCCN2)nc2cccc(Cl)c21. The third-order valence-electron chi connectivity index (χ3n) is 3.25. The van der Waals surface area contributed by atoms with Gasteiger partial charge in [-0.25, -0.2) is 4.98 Å². The zero-order valence-electron chi connectivity index (χ0n) is 10.8. The van der Waals surface area contributed by atoms with Gasteiger partial charge in [-0.15, -0.1) is 0 Å². The smallest absolute Gasteiger partial charge is 0.191 e. The van der Waals surface area contributed by atoms with Crippen LogP contribution in [0.15, 0.2) is 23.2 Å². The fourth-order valence-corrected chi connectivity index (χ4v) is 2.54. The molecule has 100 valence electrons. The molecule has 5 nitrogen and oxygen atoms in total. The molecule has 0 aliphatic carbocycles. The van der Waals surface area contributed by atoms with Crippen molar-refractivity contribution in [2.75, 3.05) is 13.1 Å². The van der Waals surface area contributed by atoms with Gasteiger partial charge in [-0.2, -0.15) is 0 Å². The van der Waals surface area contributed by atoms with E-state index in [-0.39, 0.29) is 0 Å². The van der Waals surface area contributed by atoms with Crippen LogP contribution in [0.2, 0.25) is 5.02 Å². The average Bonchev–Trinajstić information content (AvgIpc) is 2.76. The third-order valence-corrected chi connectivity index (χ3v) is 3.55. The van der Waals surface area contributed by atoms with E-state index in [0.29, 0.717) is 6.54 Å². The van der Waals surface area contributed by atoms with Gasteiger partial charge in [0, 0.05) is 20.1 Å². The maximum Gasteiger partial charge on any atom is 0.191 e. The monoisotopic (exact) mass is 277 g/mol. The molecule has 0 spiro atoms. The Hall–Kier alpha value is -1.75. The van der Waals surface area contributed by atoms with Crippen LogP contribution in [0, 0.1) is 0 Å². The lowest BCUT2D eigenvalue weighted by molar-refractivity contribution is 0.683. The van der Waals surface area contributed by atoms with Crippen LogP contribution in [0.25, 0.3) is 11.0 Å². The molecule has 0 unspecified atom stereocenters. The van der Waals surface area contributed by atoms with Crippen molar-refractivity contribution in [3.8, 4) is 0 Å². The van der Waals surface area contributed by atoms with E-state index in [0.717, 1.165) is 47.4 Å². The van der Waals surface area contributed by atoms with Gasteiger partial charge < -0.3 is 15.2 Å². The molecule has 0 radical (unpaired) electrons. The van der Waals surface area contributed by atoms with Gasteiger partial charge in [-0.3, -0.25) is 4.99 Å². The second-order valence-electron chi connectivity index (χ2n) is 4.56. The maximum atomic E-state index is 6.21. The van der Waals surface area contributed by atoms with Crippen molar-refractivity contribution < 1.29 is 0 Å². The number of halogens is 1. The number of nitrogens with one attached hydrogen (secondary N) is 2. The Balaban J connectivity index is 1.83. The molecule has 6 heteroatoms. The molecule has 0 amide bonds. The Morgan fingerprint density at radius 3 is 3.11 bits per heavy atom. The van der Waals surface area contributed by atoms with Crippen molar-refractivity contribution in [1.82, 2.24) is 20.2 Å².